The topological polar surface area (TPSA) is 126 Å². The summed E-state index contributed by atoms with van der Waals surface area (Å²) >= 11 is 0. The monoisotopic (exact) mass is 382 g/mol. The second-order valence-corrected chi connectivity index (χ2v) is 7.44. The van der Waals surface area contributed by atoms with Crippen LogP contribution in [0, 0.1) is 0 Å². The lowest BCUT2D eigenvalue weighted by Crippen LogP contribution is -2.19. The van der Waals surface area contributed by atoms with E-state index in [1.807, 2.05) is 24.3 Å². The molecule has 0 unspecified atom stereocenters. The fourth-order valence-electron chi connectivity index (χ4n) is 2.70. The fourth-order valence-corrected chi connectivity index (χ4v) is 3.21. The molecule has 10 heteroatoms. The highest BCUT2D eigenvalue weighted by atomic mass is 32.2. The zero-order chi connectivity index (χ0) is 19.0. The Kier molecular flexibility index (Phi) is 4.05. The Morgan fingerprint density at radius 3 is 2.56 bits per heavy atom. The summed E-state index contributed by atoms with van der Waals surface area (Å²) in [6, 6.07) is 13.4. The molecular weight excluding hydrogens is 368 g/mol. The van der Waals surface area contributed by atoms with E-state index in [0.29, 0.717) is 11.3 Å². The van der Waals surface area contributed by atoms with E-state index in [0.717, 1.165) is 10.9 Å². The summed E-state index contributed by atoms with van der Waals surface area (Å²) < 4.78 is 25.4. The molecule has 0 atom stereocenters. The number of hydrogen-bond donors (Lipinski definition) is 1. The molecule has 4 rings (SSSR count). The molecule has 2 heterocycles. The fraction of sp³-hybridized carbons (Fsp3) is 0.0588. The highest BCUT2D eigenvalue weighted by Gasteiger charge is 2.13. The van der Waals surface area contributed by atoms with Crippen molar-refractivity contribution in [2.24, 2.45) is 5.14 Å². The number of benzene rings is 2. The second-order valence-electron chi connectivity index (χ2n) is 5.88. The Hall–Kier alpha value is -3.37. The maximum absolute atomic E-state index is 12.5. The summed E-state index contributed by atoms with van der Waals surface area (Å²) in [5, 5.41) is 18.1. The summed E-state index contributed by atoms with van der Waals surface area (Å²) in [5.41, 5.74) is 1.89. The lowest BCUT2D eigenvalue weighted by atomic mass is 10.2. The number of nitrogens with zero attached hydrogens (tertiary/aromatic N) is 5. The molecule has 0 spiro atoms. The summed E-state index contributed by atoms with van der Waals surface area (Å²) in [6.07, 6.45) is 3.24. The molecule has 27 heavy (non-hydrogen) atoms. The van der Waals surface area contributed by atoms with Crippen LogP contribution in [-0.2, 0) is 16.6 Å². The van der Waals surface area contributed by atoms with Gasteiger partial charge in [-0.1, -0.05) is 35.5 Å². The lowest BCUT2D eigenvalue weighted by molar-refractivity contribution is 0.0875. The van der Waals surface area contributed by atoms with Crippen molar-refractivity contribution in [3.63, 3.8) is 0 Å². The van der Waals surface area contributed by atoms with E-state index in [9.17, 15) is 13.2 Å². The van der Waals surface area contributed by atoms with Gasteiger partial charge in [-0.05, 0) is 18.2 Å². The number of primary sulfonamides is 1. The summed E-state index contributed by atoms with van der Waals surface area (Å²) in [5.74, 6) is -0.253. The van der Waals surface area contributed by atoms with Gasteiger partial charge < -0.3 is 0 Å². The van der Waals surface area contributed by atoms with E-state index in [2.05, 4.69) is 15.4 Å². The van der Waals surface area contributed by atoms with E-state index in [4.69, 9.17) is 5.14 Å². The molecule has 0 aliphatic heterocycles. The van der Waals surface area contributed by atoms with Crippen molar-refractivity contribution >= 4 is 26.8 Å². The first-order valence-electron chi connectivity index (χ1n) is 7.91. The van der Waals surface area contributed by atoms with Crippen molar-refractivity contribution in [1.82, 2.24) is 24.8 Å². The number of nitrogens with two attached hydrogens (primary N) is 1. The maximum atomic E-state index is 12.5. The zero-order valence-corrected chi connectivity index (χ0v) is 14.7. The first-order valence-corrected chi connectivity index (χ1v) is 9.46. The van der Waals surface area contributed by atoms with Crippen LogP contribution in [0.2, 0.25) is 0 Å². The summed E-state index contributed by atoms with van der Waals surface area (Å²) in [7, 11) is -3.75. The number of aromatic nitrogens is 5. The van der Waals surface area contributed by atoms with Crippen LogP contribution in [0.1, 0.15) is 4.79 Å². The third-order valence-electron chi connectivity index (χ3n) is 4.03. The molecule has 0 saturated heterocycles. The van der Waals surface area contributed by atoms with E-state index in [1.165, 1.54) is 21.5 Å². The molecular formula is C17H14N6O3S. The van der Waals surface area contributed by atoms with Crippen LogP contribution in [0.4, 0.5) is 0 Å². The third-order valence-corrected chi connectivity index (χ3v) is 4.96. The second kappa shape index (κ2) is 6.41. The Bertz CT molecular complexity index is 1240. The van der Waals surface area contributed by atoms with Gasteiger partial charge in [0.15, 0.2) is 0 Å². The van der Waals surface area contributed by atoms with Gasteiger partial charge in [-0.2, -0.15) is 9.78 Å². The van der Waals surface area contributed by atoms with Gasteiger partial charge in [0.05, 0.1) is 22.8 Å². The van der Waals surface area contributed by atoms with Gasteiger partial charge in [-0.25, -0.2) is 18.2 Å². The van der Waals surface area contributed by atoms with Gasteiger partial charge in [0, 0.05) is 10.9 Å². The highest BCUT2D eigenvalue weighted by molar-refractivity contribution is 7.89. The molecule has 0 radical (unpaired) electrons. The molecule has 2 aromatic carbocycles. The molecule has 0 amide bonds. The van der Waals surface area contributed by atoms with Crippen molar-refractivity contribution < 1.29 is 13.2 Å². The average molecular weight is 382 g/mol. The minimum absolute atomic E-state index is 0.0133. The predicted molar refractivity (Wildman–Crippen MR) is 97.2 cm³/mol. The Morgan fingerprint density at radius 1 is 1.07 bits per heavy atom. The van der Waals surface area contributed by atoms with Crippen LogP contribution in [0.15, 0.2) is 65.8 Å². The number of sulfonamides is 1. The van der Waals surface area contributed by atoms with Crippen LogP contribution in [-0.4, -0.2) is 39.1 Å². The summed E-state index contributed by atoms with van der Waals surface area (Å²) in [4.78, 5) is 12.5. The molecule has 0 bridgehead atoms. The third kappa shape index (κ3) is 3.35. The van der Waals surface area contributed by atoms with Crippen LogP contribution >= 0.6 is 0 Å². The van der Waals surface area contributed by atoms with Crippen LogP contribution in [0.5, 0.6) is 0 Å². The number of carbonyl (C=O) groups is 1. The Morgan fingerprint density at radius 2 is 1.81 bits per heavy atom. The molecule has 2 N–H and O–H groups in total. The van der Waals surface area contributed by atoms with Gasteiger partial charge in [-0.15, -0.1) is 5.10 Å². The van der Waals surface area contributed by atoms with Crippen LogP contribution in [0.3, 0.4) is 0 Å². The minimum atomic E-state index is -3.75. The Labute approximate surface area is 154 Å². The number of rotatable bonds is 4. The van der Waals surface area contributed by atoms with Gasteiger partial charge in [-0.3, -0.25) is 4.79 Å². The first kappa shape index (κ1) is 17.1. The van der Waals surface area contributed by atoms with Crippen molar-refractivity contribution in [2.45, 2.75) is 11.4 Å². The van der Waals surface area contributed by atoms with E-state index in [-0.39, 0.29) is 17.3 Å². The van der Waals surface area contributed by atoms with Crippen LogP contribution < -0.4 is 5.14 Å². The molecule has 9 nitrogen and oxygen atoms in total. The normalized spacial score (nSPS) is 11.7. The number of carbonyl (C=O) groups excluding carboxylic acids is 1. The molecule has 2 aromatic heterocycles. The number of fused-ring (bicyclic) bond motifs is 1. The molecule has 136 valence electrons. The lowest BCUT2D eigenvalue weighted by Gasteiger charge is -2.02. The standard InChI is InChI=1S/C17H14N6O3S/c18-27(25,26)14-7-5-12(6-8-14)15-10-22(21-20-15)11-17(24)23-16-4-2-1-3-13(16)9-19-23/h1-10H,11H2,(H2,18,25,26). The SMILES string of the molecule is NS(=O)(=O)c1ccc(-c2cn(CC(=O)n3ncc4ccccc43)nn2)cc1. The van der Waals surface area contributed by atoms with Crippen LogP contribution in [0.25, 0.3) is 22.2 Å². The number of hydrogen-bond acceptors (Lipinski definition) is 6. The smallest absolute Gasteiger partial charge is 0.269 e. The van der Waals surface area contributed by atoms with Crippen molar-refractivity contribution in [3.8, 4) is 11.3 Å². The van der Waals surface area contributed by atoms with Gasteiger partial charge in [0.25, 0.3) is 5.91 Å². The van der Waals surface area contributed by atoms with Crippen molar-refractivity contribution in [2.75, 3.05) is 0 Å². The quantitative estimate of drug-likeness (QED) is 0.567. The molecule has 0 aliphatic carbocycles. The maximum Gasteiger partial charge on any atom is 0.269 e. The minimum Gasteiger partial charge on any atom is -0.270 e. The highest BCUT2D eigenvalue weighted by Crippen LogP contribution is 2.18. The molecule has 4 aromatic rings. The predicted octanol–water partition coefficient (Wildman–Crippen LogP) is 1.28. The van der Waals surface area contributed by atoms with Gasteiger partial charge >= 0.3 is 0 Å². The largest absolute Gasteiger partial charge is 0.270 e. The van der Waals surface area contributed by atoms with Gasteiger partial charge in [0.1, 0.15) is 12.2 Å². The zero-order valence-electron chi connectivity index (χ0n) is 13.9. The molecule has 0 saturated carbocycles. The van der Waals surface area contributed by atoms with Gasteiger partial charge in [0.2, 0.25) is 10.0 Å². The average Bonchev–Trinajstić information content (AvgIpc) is 3.28. The number of para-hydroxylation sites is 1. The van der Waals surface area contributed by atoms with Crippen molar-refractivity contribution in [1.29, 1.82) is 0 Å². The van der Waals surface area contributed by atoms with E-state index in [1.54, 1.807) is 24.5 Å². The Balaban J connectivity index is 1.55. The summed E-state index contributed by atoms with van der Waals surface area (Å²) in [6.45, 7) is -0.0338. The first-order chi connectivity index (χ1) is 12.9. The van der Waals surface area contributed by atoms with Crippen molar-refractivity contribution in [3.05, 3.63) is 60.9 Å². The van der Waals surface area contributed by atoms with E-state index < -0.39 is 10.0 Å². The molecule has 0 fully saturated rings. The van der Waals surface area contributed by atoms with E-state index >= 15 is 0 Å². The molecule has 0 aliphatic rings.